The Balaban J connectivity index is 1.54. The van der Waals surface area contributed by atoms with Gasteiger partial charge in [-0.25, -0.2) is 4.79 Å². The molecule has 1 saturated carbocycles. The van der Waals surface area contributed by atoms with Gasteiger partial charge in [0, 0.05) is 16.1 Å². The third-order valence-corrected chi connectivity index (χ3v) is 7.52. The Morgan fingerprint density at radius 3 is 2.57 bits per heavy atom. The molecule has 28 heavy (non-hydrogen) atoms. The van der Waals surface area contributed by atoms with E-state index in [-0.39, 0.29) is 11.8 Å². The maximum absolute atomic E-state index is 12.0. The number of carbonyl (C=O) groups is 1. The van der Waals surface area contributed by atoms with Gasteiger partial charge < -0.3 is 14.9 Å². The molecule has 2 heterocycles. The molecule has 6 rings (SSSR count). The molecule has 7 heteroatoms. The maximum Gasteiger partial charge on any atom is 0.332 e. The summed E-state index contributed by atoms with van der Waals surface area (Å²) in [5.74, 6) is 0.788. The molecule has 2 N–H and O–H groups in total. The highest BCUT2D eigenvalue weighted by molar-refractivity contribution is 7.17. The van der Waals surface area contributed by atoms with Crippen LogP contribution in [0.3, 0.4) is 0 Å². The van der Waals surface area contributed by atoms with Crippen LogP contribution in [0.5, 0.6) is 0 Å². The van der Waals surface area contributed by atoms with E-state index in [4.69, 9.17) is 4.52 Å². The molecule has 0 spiro atoms. The summed E-state index contributed by atoms with van der Waals surface area (Å²) in [6.45, 7) is 6.07. The number of fused-ring (bicyclic) bond motifs is 3. The summed E-state index contributed by atoms with van der Waals surface area (Å²) in [4.78, 5) is 17.8. The second-order valence-electron chi connectivity index (χ2n) is 7.99. The SMILES string of the molecule is C=C(Nc1sc2c(c1-c1nc(C)no1)CCC2)C1=C(C(=O)O)C2CCC1CC2. The van der Waals surface area contributed by atoms with E-state index in [0.717, 1.165) is 61.1 Å². The third-order valence-electron chi connectivity index (χ3n) is 6.32. The van der Waals surface area contributed by atoms with E-state index in [2.05, 4.69) is 22.0 Å². The number of hydrogen-bond acceptors (Lipinski definition) is 6. The quantitative estimate of drug-likeness (QED) is 0.759. The number of carboxylic acid groups (broad SMARTS) is 1. The van der Waals surface area contributed by atoms with Gasteiger partial charge in [-0.15, -0.1) is 11.3 Å². The van der Waals surface area contributed by atoms with Gasteiger partial charge in [0.25, 0.3) is 5.89 Å². The Hall–Kier alpha value is -2.41. The first kappa shape index (κ1) is 17.7. The van der Waals surface area contributed by atoms with Crippen LogP contribution >= 0.6 is 11.3 Å². The summed E-state index contributed by atoms with van der Waals surface area (Å²) < 4.78 is 5.48. The van der Waals surface area contributed by atoms with Gasteiger partial charge in [-0.3, -0.25) is 0 Å². The zero-order valence-electron chi connectivity index (χ0n) is 15.9. The zero-order valence-corrected chi connectivity index (χ0v) is 16.7. The molecule has 2 bridgehead atoms. The molecule has 0 unspecified atom stereocenters. The Labute approximate surface area is 167 Å². The number of nitrogens with zero attached hydrogens (tertiary/aromatic N) is 2. The lowest BCUT2D eigenvalue weighted by molar-refractivity contribution is -0.133. The summed E-state index contributed by atoms with van der Waals surface area (Å²) >= 11 is 1.70. The molecule has 0 radical (unpaired) electrons. The number of aryl methyl sites for hydroxylation is 2. The summed E-state index contributed by atoms with van der Waals surface area (Å²) in [6.07, 6.45) is 7.25. The van der Waals surface area contributed by atoms with Gasteiger partial charge in [-0.1, -0.05) is 11.7 Å². The lowest BCUT2D eigenvalue weighted by Crippen LogP contribution is -2.32. The number of anilines is 1. The summed E-state index contributed by atoms with van der Waals surface area (Å²) in [6, 6.07) is 0. The van der Waals surface area contributed by atoms with Crippen LogP contribution in [0.15, 0.2) is 27.9 Å². The van der Waals surface area contributed by atoms with Crippen molar-refractivity contribution in [1.82, 2.24) is 10.1 Å². The fourth-order valence-corrected chi connectivity index (χ4v) is 6.44. The highest BCUT2D eigenvalue weighted by Crippen LogP contribution is 2.49. The van der Waals surface area contributed by atoms with Crippen LogP contribution in [-0.2, 0) is 17.6 Å². The molecule has 0 saturated heterocycles. The minimum absolute atomic E-state index is 0.155. The van der Waals surface area contributed by atoms with Gasteiger partial charge in [0.05, 0.1) is 5.56 Å². The smallest absolute Gasteiger partial charge is 0.332 e. The molecule has 0 amide bonds. The molecule has 1 fully saturated rings. The van der Waals surface area contributed by atoms with E-state index >= 15 is 0 Å². The molecular weight excluding hydrogens is 374 g/mol. The maximum atomic E-state index is 12.0. The van der Waals surface area contributed by atoms with Crippen LogP contribution in [-0.4, -0.2) is 21.2 Å². The average Bonchev–Trinajstić information content (AvgIpc) is 3.38. The van der Waals surface area contributed by atoms with Crippen LogP contribution < -0.4 is 5.32 Å². The van der Waals surface area contributed by atoms with E-state index in [1.165, 1.54) is 10.4 Å². The second kappa shape index (κ2) is 6.58. The largest absolute Gasteiger partial charge is 0.478 e. The van der Waals surface area contributed by atoms with Crippen LogP contribution in [0, 0.1) is 18.8 Å². The van der Waals surface area contributed by atoms with Crippen molar-refractivity contribution in [1.29, 1.82) is 0 Å². The minimum atomic E-state index is -0.797. The van der Waals surface area contributed by atoms with Crippen molar-refractivity contribution in [2.75, 3.05) is 5.32 Å². The molecule has 6 nitrogen and oxygen atoms in total. The van der Waals surface area contributed by atoms with Crippen LogP contribution in [0.25, 0.3) is 11.5 Å². The summed E-state index contributed by atoms with van der Waals surface area (Å²) in [5, 5.41) is 18.2. The Bertz CT molecular complexity index is 1010. The van der Waals surface area contributed by atoms with E-state index in [9.17, 15) is 9.90 Å². The van der Waals surface area contributed by atoms with Crippen molar-refractivity contribution < 1.29 is 14.4 Å². The number of thiophene rings is 1. The number of carboxylic acids is 1. The van der Waals surface area contributed by atoms with E-state index in [1.54, 1.807) is 11.3 Å². The Kier molecular flexibility index (Phi) is 4.16. The predicted molar refractivity (Wildman–Crippen MR) is 107 cm³/mol. The van der Waals surface area contributed by atoms with Gasteiger partial charge >= 0.3 is 5.97 Å². The van der Waals surface area contributed by atoms with Gasteiger partial charge in [0.15, 0.2) is 5.82 Å². The highest BCUT2D eigenvalue weighted by Gasteiger charge is 2.39. The lowest BCUT2D eigenvalue weighted by Gasteiger charge is -2.39. The third kappa shape index (κ3) is 2.71. The molecule has 2 aromatic rings. The lowest BCUT2D eigenvalue weighted by atomic mass is 9.66. The first-order valence-electron chi connectivity index (χ1n) is 9.91. The van der Waals surface area contributed by atoms with Gasteiger partial charge in [-0.2, -0.15) is 4.98 Å². The van der Waals surface area contributed by atoms with Crippen molar-refractivity contribution >= 4 is 22.3 Å². The number of nitrogens with one attached hydrogen (secondary N) is 1. The topological polar surface area (TPSA) is 88.3 Å². The average molecular weight is 398 g/mol. The highest BCUT2D eigenvalue weighted by atomic mass is 32.1. The van der Waals surface area contributed by atoms with E-state index in [0.29, 0.717) is 23.0 Å². The monoisotopic (exact) mass is 397 g/mol. The number of aliphatic carboxylic acids is 1. The van der Waals surface area contributed by atoms with Gasteiger partial charge in [-0.05, 0) is 74.8 Å². The standard InChI is InChI=1S/C21H23N3O3S/c1-10(16-12-6-8-13(9-7-12)17(16)21(25)26)22-20-18(19-23-11(2)24-27-19)14-4-3-5-15(14)28-20/h12-13,22H,1,3-9H2,2H3,(H,25,26). The molecular formula is C21H23N3O3S. The zero-order chi connectivity index (χ0) is 19.4. The minimum Gasteiger partial charge on any atom is -0.478 e. The molecule has 0 atom stereocenters. The first-order chi connectivity index (χ1) is 13.5. The van der Waals surface area contributed by atoms with Crippen molar-refractivity contribution in [2.45, 2.75) is 51.9 Å². The van der Waals surface area contributed by atoms with Crippen molar-refractivity contribution in [3.63, 3.8) is 0 Å². The van der Waals surface area contributed by atoms with Gasteiger partial charge in [0.2, 0.25) is 0 Å². The van der Waals surface area contributed by atoms with Gasteiger partial charge in [0.1, 0.15) is 5.00 Å². The molecule has 0 aliphatic heterocycles. The second-order valence-corrected chi connectivity index (χ2v) is 9.10. The van der Waals surface area contributed by atoms with Crippen LogP contribution in [0.2, 0.25) is 0 Å². The number of rotatable bonds is 5. The van der Waals surface area contributed by atoms with Crippen molar-refractivity contribution in [3.8, 4) is 11.5 Å². The Morgan fingerprint density at radius 2 is 1.93 bits per heavy atom. The van der Waals surface area contributed by atoms with Crippen molar-refractivity contribution in [3.05, 3.63) is 39.7 Å². The number of allylic oxidation sites excluding steroid dienone is 1. The fraction of sp³-hybridized carbons (Fsp3) is 0.476. The fourth-order valence-electron chi connectivity index (χ4n) is 5.13. The van der Waals surface area contributed by atoms with Crippen molar-refractivity contribution in [2.24, 2.45) is 11.8 Å². The molecule has 146 valence electrons. The molecule has 4 aliphatic rings. The first-order valence-corrected chi connectivity index (χ1v) is 10.7. The predicted octanol–water partition coefficient (Wildman–Crippen LogP) is 4.72. The normalized spacial score (nSPS) is 23.2. The summed E-state index contributed by atoms with van der Waals surface area (Å²) in [7, 11) is 0. The number of aromatic nitrogens is 2. The molecule has 4 aliphatic carbocycles. The molecule has 0 aromatic carbocycles. The van der Waals surface area contributed by atoms with E-state index in [1.807, 2.05) is 6.92 Å². The van der Waals surface area contributed by atoms with Crippen LogP contribution in [0.4, 0.5) is 5.00 Å². The van der Waals surface area contributed by atoms with Crippen LogP contribution in [0.1, 0.15) is 48.4 Å². The molecule has 2 aromatic heterocycles. The summed E-state index contributed by atoms with van der Waals surface area (Å²) in [5.41, 5.74) is 4.44. The number of hydrogen-bond donors (Lipinski definition) is 2. The van der Waals surface area contributed by atoms with E-state index < -0.39 is 5.97 Å². The Morgan fingerprint density at radius 1 is 1.21 bits per heavy atom.